The lowest BCUT2D eigenvalue weighted by atomic mass is 10.1. The van der Waals surface area contributed by atoms with Gasteiger partial charge in [0.05, 0.1) is 6.04 Å². The van der Waals surface area contributed by atoms with Crippen molar-refractivity contribution in [2.45, 2.75) is 13.0 Å². The number of nitrogens with one attached hydrogen (secondary N) is 2. The maximum absolute atomic E-state index is 5.22. The smallest absolute Gasteiger partial charge is 0.205 e. The lowest BCUT2D eigenvalue weighted by Crippen LogP contribution is -2.61. The minimum absolute atomic E-state index is 0.500. The van der Waals surface area contributed by atoms with Crippen LogP contribution in [0.4, 0.5) is 0 Å². The molecule has 0 atom stereocenters. The van der Waals surface area contributed by atoms with E-state index in [0.717, 1.165) is 19.6 Å². The Kier molecular flexibility index (Phi) is 3.31. The first-order valence-corrected chi connectivity index (χ1v) is 4.22. The predicted molar refractivity (Wildman–Crippen MR) is 49.7 cm³/mol. The monoisotopic (exact) mass is 171 g/mol. The maximum Gasteiger partial charge on any atom is 0.205 e. The Balaban J connectivity index is 2.18. The van der Waals surface area contributed by atoms with E-state index in [1.54, 1.807) is 7.05 Å². The molecule has 0 unspecified atom stereocenters. The van der Waals surface area contributed by atoms with Gasteiger partial charge in [-0.1, -0.05) is 6.92 Å². The van der Waals surface area contributed by atoms with E-state index in [-0.39, 0.29) is 0 Å². The molecule has 0 aromatic carbocycles. The summed E-state index contributed by atoms with van der Waals surface area (Å²) in [5, 5.41) is 3.19. The fourth-order valence-corrected chi connectivity index (χ4v) is 1.28. The second kappa shape index (κ2) is 4.27. The lowest BCUT2D eigenvalue weighted by Gasteiger charge is -2.39. The highest BCUT2D eigenvalue weighted by molar-refractivity contribution is 5.79. The Morgan fingerprint density at radius 2 is 2.33 bits per heavy atom. The van der Waals surface area contributed by atoms with Crippen LogP contribution in [0.3, 0.4) is 0 Å². The Hall–Kier alpha value is -0.810. The van der Waals surface area contributed by atoms with Gasteiger partial charge in [-0.15, -0.1) is 0 Å². The third kappa shape index (κ3) is 2.09. The number of hydrogen-bond acceptors (Lipinski definition) is 3. The van der Waals surface area contributed by atoms with Crippen molar-refractivity contribution in [1.82, 2.24) is 15.6 Å². The number of rotatable bonds is 2. The molecular formula is C7H17N5. The Bertz CT molecular complexity index is 161. The number of nitrogens with zero attached hydrogens (tertiary/aromatic N) is 2. The molecule has 5 nitrogen and oxygen atoms in total. The fourth-order valence-electron chi connectivity index (χ4n) is 1.28. The molecule has 4 N–H and O–H groups in total. The molecule has 0 amide bonds. The van der Waals surface area contributed by atoms with Gasteiger partial charge >= 0.3 is 0 Å². The molecule has 0 saturated carbocycles. The van der Waals surface area contributed by atoms with Gasteiger partial charge in [-0.2, -0.15) is 0 Å². The number of guanidine groups is 1. The number of hydrazine groups is 1. The normalized spacial score (nSPS) is 20.4. The highest BCUT2D eigenvalue weighted by atomic mass is 15.4. The average molecular weight is 171 g/mol. The summed E-state index contributed by atoms with van der Waals surface area (Å²) in [5.74, 6) is 5.88. The average Bonchev–Trinajstić information content (AvgIpc) is 2.03. The van der Waals surface area contributed by atoms with Crippen LogP contribution in [0.25, 0.3) is 0 Å². The van der Waals surface area contributed by atoms with Crippen LogP contribution in [-0.2, 0) is 0 Å². The van der Waals surface area contributed by atoms with Crippen LogP contribution in [-0.4, -0.2) is 43.6 Å². The molecule has 1 aliphatic rings. The summed E-state index contributed by atoms with van der Waals surface area (Å²) >= 11 is 0. The zero-order valence-electron chi connectivity index (χ0n) is 7.67. The molecule has 0 radical (unpaired) electrons. The Morgan fingerprint density at radius 1 is 1.67 bits per heavy atom. The van der Waals surface area contributed by atoms with Crippen LogP contribution in [0.2, 0.25) is 0 Å². The van der Waals surface area contributed by atoms with E-state index in [1.807, 2.05) is 0 Å². The summed E-state index contributed by atoms with van der Waals surface area (Å²) in [4.78, 5) is 6.28. The minimum Gasteiger partial charge on any atom is -0.350 e. The molecule has 0 spiro atoms. The van der Waals surface area contributed by atoms with Crippen LogP contribution in [0.15, 0.2) is 4.99 Å². The van der Waals surface area contributed by atoms with Crippen LogP contribution >= 0.6 is 0 Å². The van der Waals surface area contributed by atoms with E-state index < -0.39 is 0 Å². The SMILES string of the molecule is CCN1CC(NC(=NC)NN)C1. The first kappa shape index (κ1) is 9.28. The highest BCUT2D eigenvalue weighted by Gasteiger charge is 2.25. The van der Waals surface area contributed by atoms with Gasteiger partial charge in [0.1, 0.15) is 0 Å². The quantitative estimate of drug-likeness (QED) is 0.210. The summed E-state index contributed by atoms with van der Waals surface area (Å²) < 4.78 is 0. The third-order valence-corrected chi connectivity index (χ3v) is 2.11. The molecule has 1 aliphatic heterocycles. The Labute approximate surface area is 73.0 Å². The number of likely N-dealkylation sites (tertiary alicyclic amines) is 1. The van der Waals surface area contributed by atoms with Crippen molar-refractivity contribution in [3.63, 3.8) is 0 Å². The molecular weight excluding hydrogens is 154 g/mol. The van der Waals surface area contributed by atoms with E-state index >= 15 is 0 Å². The van der Waals surface area contributed by atoms with Crippen LogP contribution in [0, 0.1) is 0 Å². The van der Waals surface area contributed by atoms with Crippen LogP contribution in [0.1, 0.15) is 6.92 Å². The van der Waals surface area contributed by atoms with E-state index in [4.69, 9.17) is 5.84 Å². The van der Waals surface area contributed by atoms with Gasteiger partial charge in [-0.3, -0.25) is 15.3 Å². The first-order chi connectivity index (χ1) is 5.80. The highest BCUT2D eigenvalue weighted by Crippen LogP contribution is 2.05. The number of aliphatic imine (C=N–C) groups is 1. The van der Waals surface area contributed by atoms with Crippen molar-refractivity contribution in [3.8, 4) is 0 Å². The van der Waals surface area contributed by atoms with Gasteiger partial charge in [0, 0.05) is 20.1 Å². The van der Waals surface area contributed by atoms with E-state index in [1.165, 1.54) is 0 Å². The molecule has 1 saturated heterocycles. The molecule has 70 valence electrons. The molecule has 12 heavy (non-hydrogen) atoms. The third-order valence-electron chi connectivity index (χ3n) is 2.11. The summed E-state index contributed by atoms with van der Waals surface area (Å²) in [6.45, 7) is 5.44. The topological polar surface area (TPSA) is 65.7 Å². The van der Waals surface area contributed by atoms with Crippen molar-refractivity contribution in [3.05, 3.63) is 0 Å². The number of likely N-dealkylation sites (N-methyl/N-ethyl adjacent to an activating group) is 1. The molecule has 0 bridgehead atoms. The summed E-state index contributed by atoms with van der Waals surface area (Å²) in [5.41, 5.74) is 2.50. The number of hydrogen-bond donors (Lipinski definition) is 3. The molecule has 1 rings (SSSR count). The molecule has 0 aliphatic carbocycles. The summed E-state index contributed by atoms with van der Waals surface area (Å²) in [6, 6.07) is 0.500. The van der Waals surface area contributed by atoms with Crippen LogP contribution < -0.4 is 16.6 Å². The van der Waals surface area contributed by atoms with Crippen LogP contribution in [0.5, 0.6) is 0 Å². The lowest BCUT2D eigenvalue weighted by molar-refractivity contribution is 0.147. The first-order valence-electron chi connectivity index (χ1n) is 4.22. The van der Waals surface area contributed by atoms with Crippen molar-refractivity contribution in [2.75, 3.05) is 26.7 Å². The second-order valence-electron chi connectivity index (χ2n) is 2.91. The largest absolute Gasteiger partial charge is 0.350 e. The van der Waals surface area contributed by atoms with Crippen molar-refractivity contribution >= 4 is 5.96 Å². The molecule has 0 aromatic rings. The van der Waals surface area contributed by atoms with Gasteiger partial charge in [-0.25, -0.2) is 5.84 Å². The van der Waals surface area contributed by atoms with Crippen molar-refractivity contribution in [2.24, 2.45) is 10.8 Å². The zero-order chi connectivity index (χ0) is 8.97. The predicted octanol–water partition coefficient (Wildman–Crippen LogP) is -1.27. The number of nitrogens with two attached hydrogens (primary N) is 1. The van der Waals surface area contributed by atoms with Gasteiger partial charge in [-0.05, 0) is 6.54 Å². The standard InChI is InChI=1S/C7H17N5/c1-3-12-4-6(5-12)10-7(9-2)11-8/h6H,3-5,8H2,1-2H3,(H2,9,10,11). The molecule has 0 aromatic heterocycles. The van der Waals surface area contributed by atoms with Gasteiger partial charge in [0.25, 0.3) is 0 Å². The minimum atomic E-state index is 0.500. The van der Waals surface area contributed by atoms with Gasteiger partial charge in [0.15, 0.2) is 0 Å². The maximum atomic E-state index is 5.22. The van der Waals surface area contributed by atoms with Gasteiger partial charge in [0.2, 0.25) is 5.96 Å². The van der Waals surface area contributed by atoms with E-state index in [9.17, 15) is 0 Å². The molecule has 5 heteroatoms. The van der Waals surface area contributed by atoms with Gasteiger partial charge < -0.3 is 5.32 Å². The van der Waals surface area contributed by atoms with E-state index in [2.05, 4.69) is 27.6 Å². The summed E-state index contributed by atoms with van der Waals surface area (Å²) in [6.07, 6.45) is 0. The van der Waals surface area contributed by atoms with Crippen molar-refractivity contribution in [1.29, 1.82) is 0 Å². The molecule has 1 heterocycles. The van der Waals surface area contributed by atoms with Crippen molar-refractivity contribution < 1.29 is 0 Å². The summed E-state index contributed by atoms with van der Waals surface area (Å²) in [7, 11) is 1.71. The Morgan fingerprint density at radius 3 is 2.75 bits per heavy atom. The molecule has 1 fully saturated rings. The van der Waals surface area contributed by atoms with E-state index in [0.29, 0.717) is 12.0 Å². The fraction of sp³-hybridized carbons (Fsp3) is 0.857. The zero-order valence-corrected chi connectivity index (χ0v) is 7.67. The second-order valence-corrected chi connectivity index (χ2v) is 2.91.